The van der Waals surface area contributed by atoms with Crippen LogP contribution in [0.5, 0.6) is 0 Å². The molecular formula is C15H26N2O2. The highest BCUT2D eigenvalue weighted by molar-refractivity contribution is 5.97. The maximum Gasteiger partial charge on any atom is 0.246 e. The zero-order chi connectivity index (χ0) is 14.2. The van der Waals surface area contributed by atoms with Gasteiger partial charge in [-0.25, -0.2) is 0 Å². The van der Waals surface area contributed by atoms with Crippen molar-refractivity contribution in [3.8, 4) is 0 Å². The molecule has 2 unspecified atom stereocenters. The van der Waals surface area contributed by atoms with Crippen molar-refractivity contribution in [2.45, 2.75) is 77.9 Å². The molecule has 2 fully saturated rings. The molecule has 0 aromatic carbocycles. The number of hydrogen-bond acceptors (Lipinski definition) is 2. The van der Waals surface area contributed by atoms with Crippen LogP contribution in [-0.4, -0.2) is 34.8 Å². The quantitative estimate of drug-likeness (QED) is 0.790. The highest BCUT2D eigenvalue weighted by Crippen LogP contribution is 2.30. The Hall–Kier alpha value is -1.06. The van der Waals surface area contributed by atoms with Gasteiger partial charge in [-0.05, 0) is 25.2 Å². The number of nitrogens with zero attached hydrogens (tertiary/aromatic N) is 1. The van der Waals surface area contributed by atoms with Crippen LogP contribution in [-0.2, 0) is 9.59 Å². The van der Waals surface area contributed by atoms with E-state index in [1.165, 1.54) is 19.3 Å². The zero-order valence-electron chi connectivity index (χ0n) is 12.5. The Morgan fingerprint density at radius 1 is 1.11 bits per heavy atom. The molecule has 1 saturated carbocycles. The summed E-state index contributed by atoms with van der Waals surface area (Å²) in [7, 11) is 0. The minimum atomic E-state index is -0.391. The maximum atomic E-state index is 12.7. The Labute approximate surface area is 115 Å². The van der Waals surface area contributed by atoms with Crippen molar-refractivity contribution in [1.82, 2.24) is 10.2 Å². The van der Waals surface area contributed by atoms with Crippen molar-refractivity contribution in [2.24, 2.45) is 5.41 Å². The van der Waals surface area contributed by atoms with Gasteiger partial charge in [-0.2, -0.15) is 0 Å². The highest BCUT2D eigenvalue weighted by Gasteiger charge is 2.45. The lowest BCUT2D eigenvalue weighted by atomic mass is 9.82. The summed E-state index contributed by atoms with van der Waals surface area (Å²) in [6.45, 7) is 7.86. The fraction of sp³-hybridized carbons (Fsp3) is 0.867. The fourth-order valence-electron chi connectivity index (χ4n) is 3.23. The average Bonchev–Trinajstić information content (AvgIpc) is 2.34. The molecule has 2 atom stereocenters. The van der Waals surface area contributed by atoms with E-state index in [0.717, 1.165) is 12.8 Å². The van der Waals surface area contributed by atoms with Gasteiger partial charge in [0.15, 0.2) is 0 Å². The van der Waals surface area contributed by atoms with E-state index in [4.69, 9.17) is 0 Å². The molecule has 1 saturated heterocycles. The Morgan fingerprint density at radius 3 is 2.21 bits per heavy atom. The van der Waals surface area contributed by atoms with Gasteiger partial charge in [-0.1, -0.05) is 40.0 Å². The second kappa shape index (κ2) is 5.14. The van der Waals surface area contributed by atoms with Gasteiger partial charge >= 0.3 is 0 Å². The molecule has 1 aliphatic heterocycles. The minimum absolute atomic E-state index is 0.00917. The molecule has 0 radical (unpaired) electrons. The number of rotatable bonds is 1. The topological polar surface area (TPSA) is 49.4 Å². The number of nitrogens with one attached hydrogen (secondary N) is 1. The van der Waals surface area contributed by atoms with Crippen molar-refractivity contribution in [3.63, 3.8) is 0 Å². The van der Waals surface area contributed by atoms with Crippen LogP contribution >= 0.6 is 0 Å². The second-order valence-corrected chi connectivity index (χ2v) is 7.02. The Balaban J connectivity index is 2.23. The molecular weight excluding hydrogens is 240 g/mol. The standard InChI is InChI=1S/C15H26N2O2/c1-10-13(18)16-12(15(2,3)4)14(19)17(10)11-8-6-5-7-9-11/h10-12H,5-9H2,1-4H3,(H,16,18). The molecule has 1 aliphatic carbocycles. The molecule has 19 heavy (non-hydrogen) atoms. The van der Waals surface area contributed by atoms with E-state index in [2.05, 4.69) is 5.32 Å². The van der Waals surface area contributed by atoms with E-state index in [1.807, 2.05) is 32.6 Å². The lowest BCUT2D eigenvalue weighted by Gasteiger charge is -2.46. The SMILES string of the molecule is CC1C(=O)NC(C(C)(C)C)C(=O)N1C1CCCCC1. The lowest BCUT2D eigenvalue weighted by molar-refractivity contribution is -0.155. The zero-order valence-corrected chi connectivity index (χ0v) is 12.5. The van der Waals surface area contributed by atoms with Gasteiger partial charge in [0.05, 0.1) is 0 Å². The molecule has 4 heteroatoms. The number of carbonyl (C=O) groups excluding carboxylic acids is 2. The van der Waals surface area contributed by atoms with E-state index in [9.17, 15) is 9.59 Å². The number of carbonyl (C=O) groups is 2. The van der Waals surface area contributed by atoms with E-state index >= 15 is 0 Å². The van der Waals surface area contributed by atoms with Gasteiger partial charge in [0.25, 0.3) is 0 Å². The molecule has 0 aromatic rings. The van der Waals surface area contributed by atoms with E-state index < -0.39 is 6.04 Å². The molecule has 1 heterocycles. The average molecular weight is 266 g/mol. The molecule has 0 bridgehead atoms. The predicted octanol–water partition coefficient (Wildman–Crippen LogP) is 2.08. The monoisotopic (exact) mass is 266 g/mol. The van der Waals surface area contributed by atoms with Crippen LogP contribution in [0.25, 0.3) is 0 Å². The summed E-state index contributed by atoms with van der Waals surface area (Å²) in [5, 5.41) is 2.89. The first-order chi connectivity index (χ1) is 8.82. The Morgan fingerprint density at radius 2 is 1.68 bits per heavy atom. The molecule has 2 rings (SSSR count). The largest absolute Gasteiger partial charge is 0.342 e. The molecule has 2 aliphatic rings. The molecule has 0 aromatic heterocycles. The van der Waals surface area contributed by atoms with Crippen molar-refractivity contribution in [3.05, 3.63) is 0 Å². The molecule has 2 amide bonds. The van der Waals surface area contributed by atoms with Crippen LogP contribution < -0.4 is 5.32 Å². The third-order valence-corrected chi connectivity index (χ3v) is 4.42. The highest BCUT2D eigenvalue weighted by atomic mass is 16.2. The van der Waals surface area contributed by atoms with Gasteiger partial charge in [-0.3, -0.25) is 9.59 Å². The first-order valence-corrected chi connectivity index (χ1v) is 7.45. The van der Waals surface area contributed by atoms with Gasteiger partial charge < -0.3 is 10.2 Å². The third-order valence-electron chi connectivity index (χ3n) is 4.42. The fourth-order valence-corrected chi connectivity index (χ4v) is 3.23. The van der Waals surface area contributed by atoms with Gasteiger partial charge in [0, 0.05) is 6.04 Å². The maximum absolute atomic E-state index is 12.7. The van der Waals surface area contributed by atoms with Crippen LogP contribution in [0.3, 0.4) is 0 Å². The first-order valence-electron chi connectivity index (χ1n) is 7.45. The van der Waals surface area contributed by atoms with Crippen LogP contribution in [0.4, 0.5) is 0 Å². The van der Waals surface area contributed by atoms with Gasteiger partial charge in [-0.15, -0.1) is 0 Å². The first kappa shape index (κ1) is 14.4. The van der Waals surface area contributed by atoms with Crippen molar-refractivity contribution in [2.75, 3.05) is 0 Å². The van der Waals surface area contributed by atoms with Crippen LogP contribution in [0.1, 0.15) is 59.8 Å². The number of piperazine rings is 1. The minimum Gasteiger partial charge on any atom is -0.342 e. The summed E-state index contributed by atoms with van der Waals surface area (Å²) in [5.74, 6) is 0.0941. The van der Waals surface area contributed by atoms with Crippen LogP contribution in [0.15, 0.2) is 0 Å². The van der Waals surface area contributed by atoms with E-state index in [0.29, 0.717) is 0 Å². The third kappa shape index (κ3) is 2.77. The predicted molar refractivity (Wildman–Crippen MR) is 74.6 cm³/mol. The van der Waals surface area contributed by atoms with E-state index in [1.54, 1.807) is 0 Å². The molecule has 4 nitrogen and oxygen atoms in total. The van der Waals surface area contributed by atoms with Gasteiger partial charge in [0.1, 0.15) is 12.1 Å². The van der Waals surface area contributed by atoms with Crippen LogP contribution in [0, 0.1) is 5.41 Å². The number of amides is 2. The smallest absolute Gasteiger partial charge is 0.246 e. The van der Waals surface area contributed by atoms with Crippen molar-refractivity contribution < 1.29 is 9.59 Å². The summed E-state index contributed by atoms with van der Waals surface area (Å²) in [4.78, 5) is 26.8. The summed E-state index contributed by atoms with van der Waals surface area (Å²) < 4.78 is 0. The number of hydrogen-bond donors (Lipinski definition) is 1. The normalized spacial score (nSPS) is 30.4. The summed E-state index contributed by atoms with van der Waals surface area (Å²) in [6.07, 6.45) is 5.67. The van der Waals surface area contributed by atoms with Gasteiger partial charge in [0.2, 0.25) is 11.8 Å². The lowest BCUT2D eigenvalue weighted by Crippen LogP contribution is -2.67. The Bertz CT molecular complexity index is 367. The summed E-state index contributed by atoms with van der Waals surface area (Å²) in [6, 6.07) is -0.459. The second-order valence-electron chi connectivity index (χ2n) is 7.02. The molecule has 0 spiro atoms. The summed E-state index contributed by atoms with van der Waals surface area (Å²) in [5.41, 5.74) is -0.236. The van der Waals surface area contributed by atoms with E-state index in [-0.39, 0.29) is 29.3 Å². The van der Waals surface area contributed by atoms with Crippen molar-refractivity contribution in [1.29, 1.82) is 0 Å². The summed E-state index contributed by atoms with van der Waals surface area (Å²) >= 11 is 0. The molecule has 108 valence electrons. The van der Waals surface area contributed by atoms with Crippen molar-refractivity contribution >= 4 is 11.8 Å². The molecule has 1 N–H and O–H groups in total. The van der Waals surface area contributed by atoms with Crippen LogP contribution in [0.2, 0.25) is 0 Å². The Kier molecular flexibility index (Phi) is 3.88.